The molecule has 2 aromatic rings. The summed E-state index contributed by atoms with van der Waals surface area (Å²) in [5.41, 5.74) is 2.61. The molecule has 3 rings (SSSR count). The number of benzene rings is 1. The van der Waals surface area contributed by atoms with Crippen LogP contribution in [0, 0.1) is 0 Å². The van der Waals surface area contributed by atoms with Crippen LogP contribution in [0.4, 0.5) is 0 Å². The Morgan fingerprint density at radius 1 is 1.47 bits per heavy atom. The van der Waals surface area contributed by atoms with Gasteiger partial charge < -0.3 is 10.1 Å². The van der Waals surface area contributed by atoms with Crippen molar-refractivity contribution in [2.45, 2.75) is 18.9 Å². The normalized spacial score (nSPS) is 15.1. The molecule has 100 valence electrons. The largest absolute Gasteiger partial charge is 0.493 e. The third-order valence-electron chi connectivity index (χ3n) is 3.48. The van der Waals surface area contributed by atoms with E-state index in [4.69, 9.17) is 4.74 Å². The number of hydrogen-bond donors (Lipinski definition) is 1. The first-order chi connectivity index (χ1) is 9.28. The Bertz CT molecular complexity index is 568. The molecule has 0 bridgehead atoms. The van der Waals surface area contributed by atoms with E-state index in [1.165, 1.54) is 16.0 Å². The number of fused-ring (bicyclic) bond motifs is 1. The van der Waals surface area contributed by atoms with Crippen LogP contribution in [0.3, 0.4) is 0 Å². The summed E-state index contributed by atoms with van der Waals surface area (Å²) in [6, 6.07) is 8.99. The van der Waals surface area contributed by atoms with Gasteiger partial charge in [0.15, 0.2) is 0 Å². The van der Waals surface area contributed by atoms with Crippen LogP contribution >= 0.6 is 27.3 Å². The van der Waals surface area contributed by atoms with E-state index in [1.54, 1.807) is 11.3 Å². The summed E-state index contributed by atoms with van der Waals surface area (Å²) < 4.78 is 6.95. The molecule has 2 nitrogen and oxygen atoms in total. The van der Waals surface area contributed by atoms with E-state index >= 15 is 0 Å². The Kier molecular flexibility index (Phi) is 3.91. The molecule has 4 heteroatoms. The molecule has 0 aliphatic carbocycles. The van der Waals surface area contributed by atoms with Gasteiger partial charge >= 0.3 is 0 Å². The number of hydrogen-bond acceptors (Lipinski definition) is 3. The quantitative estimate of drug-likeness (QED) is 0.911. The minimum absolute atomic E-state index is 0.350. The second kappa shape index (κ2) is 5.65. The van der Waals surface area contributed by atoms with Crippen LogP contribution in [0.25, 0.3) is 0 Å². The lowest BCUT2D eigenvalue weighted by atomic mass is 10.0. The number of halogens is 1. The fourth-order valence-electron chi connectivity index (χ4n) is 2.55. The van der Waals surface area contributed by atoms with Crippen LogP contribution in [0.2, 0.25) is 0 Å². The van der Waals surface area contributed by atoms with Gasteiger partial charge in [0, 0.05) is 21.8 Å². The molecule has 1 aromatic heterocycles. The second-order valence-corrected chi connectivity index (χ2v) is 6.61. The third-order valence-corrected chi connectivity index (χ3v) is 4.93. The van der Waals surface area contributed by atoms with Crippen LogP contribution in [0.5, 0.6) is 5.75 Å². The van der Waals surface area contributed by atoms with Crippen molar-refractivity contribution in [2.24, 2.45) is 0 Å². The van der Waals surface area contributed by atoms with Crippen molar-refractivity contribution in [3.63, 3.8) is 0 Å². The molecule has 0 spiro atoms. The standard InChI is InChI=1S/C15H16BrNOS/c1-17-13(14-3-2-6-19-14)9-11-8-12(16)7-10-4-5-18-15(10)11/h2-3,6-8,13,17H,4-5,9H2,1H3. The summed E-state index contributed by atoms with van der Waals surface area (Å²) in [5.74, 6) is 1.10. The summed E-state index contributed by atoms with van der Waals surface area (Å²) in [7, 11) is 2.02. The smallest absolute Gasteiger partial charge is 0.125 e. The summed E-state index contributed by atoms with van der Waals surface area (Å²) in [4.78, 5) is 1.37. The minimum atomic E-state index is 0.350. The van der Waals surface area contributed by atoms with Crippen molar-refractivity contribution in [3.8, 4) is 5.75 Å². The average Bonchev–Trinajstić information content (AvgIpc) is 3.05. The molecule has 1 aromatic carbocycles. The zero-order chi connectivity index (χ0) is 13.2. The SMILES string of the molecule is CNC(Cc1cc(Br)cc2c1OCC2)c1cccs1. The number of likely N-dealkylation sites (N-methyl/N-ethyl adjacent to an activating group) is 1. The van der Waals surface area contributed by atoms with Crippen molar-refractivity contribution in [1.82, 2.24) is 5.32 Å². The maximum Gasteiger partial charge on any atom is 0.125 e. The lowest BCUT2D eigenvalue weighted by Crippen LogP contribution is -2.18. The topological polar surface area (TPSA) is 21.3 Å². The van der Waals surface area contributed by atoms with Crippen LogP contribution in [0.15, 0.2) is 34.1 Å². The van der Waals surface area contributed by atoms with Gasteiger partial charge in [0.05, 0.1) is 6.61 Å². The molecule has 0 saturated heterocycles. The summed E-state index contributed by atoms with van der Waals surface area (Å²) in [5, 5.41) is 5.53. The highest BCUT2D eigenvalue weighted by atomic mass is 79.9. The zero-order valence-corrected chi connectivity index (χ0v) is 13.2. The molecule has 0 saturated carbocycles. The summed E-state index contributed by atoms with van der Waals surface area (Å²) >= 11 is 5.40. The predicted molar refractivity (Wildman–Crippen MR) is 83.2 cm³/mol. The van der Waals surface area contributed by atoms with Crippen LogP contribution in [-0.2, 0) is 12.8 Å². The van der Waals surface area contributed by atoms with Crippen molar-refractivity contribution < 1.29 is 4.74 Å². The summed E-state index contributed by atoms with van der Waals surface area (Å²) in [6.07, 6.45) is 1.98. The minimum Gasteiger partial charge on any atom is -0.493 e. The van der Waals surface area contributed by atoms with Crippen LogP contribution in [-0.4, -0.2) is 13.7 Å². The number of nitrogens with one attached hydrogen (secondary N) is 1. The van der Waals surface area contributed by atoms with Gasteiger partial charge in [0.2, 0.25) is 0 Å². The molecular formula is C15H16BrNOS. The summed E-state index contributed by atoms with van der Waals surface area (Å²) in [6.45, 7) is 0.808. The molecule has 0 fully saturated rings. The van der Waals surface area contributed by atoms with E-state index in [0.717, 1.165) is 29.7 Å². The first kappa shape index (κ1) is 13.2. The van der Waals surface area contributed by atoms with Gasteiger partial charge in [-0.2, -0.15) is 0 Å². The molecule has 0 amide bonds. The molecular weight excluding hydrogens is 322 g/mol. The van der Waals surface area contributed by atoms with E-state index in [0.29, 0.717) is 6.04 Å². The zero-order valence-electron chi connectivity index (χ0n) is 10.8. The van der Waals surface area contributed by atoms with Crippen LogP contribution in [0.1, 0.15) is 22.0 Å². The van der Waals surface area contributed by atoms with Gasteiger partial charge in [-0.25, -0.2) is 0 Å². The van der Waals surface area contributed by atoms with E-state index in [9.17, 15) is 0 Å². The first-order valence-electron chi connectivity index (χ1n) is 6.42. The van der Waals surface area contributed by atoms with Gasteiger partial charge in [0.25, 0.3) is 0 Å². The van der Waals surface area contributed by atoms with Crippen LogP contribution < -0.4 is 10.1 Å². The maximum atomic E-state index is 5.80. The first-order valence-corrected chi connectivity index (χ1v) is 8.10. The van der Waals surface area contributed by atoms with E-state index in [2.05, 4.69) is 50.9 Å². The monoisotopic (exact) mass is 337 g/mol. The lowest BCUT2D eigenvalue weighted by molar-refractivity contribution is 0.352. The van der Waals surface area contributed by atoms with Crippen molar-refractivity contribution >= 4 is 27.3 Å². The van der Waals surface area contributed by atoms with Gasteiger partial charge in [-0.05, 0) is 48.2 Å². The van der Waals surface area contributed by atoms with Crippen molar-refractivity contribution in [3.05, 3.63) is 50.1 Å². The molecule has 1 N–H and O–H groups in total. The fraction of sp³-hybridized carbons (Fsp3) is 0.333. The maximum absolute atomic E-state index is 5.80. The molecule has 19 heavy (non-hydrogen) atoms. The predicted octanol–water partition coefficient (Wildman–Crippen LogP) is 3.95. The number of ether oxygens (including phenoxy) is 1. The fourth-order valence-corrected chi connectivity index (χ4v) is 3.94. The van der Waals surface area contributed by atoms with Gasteiger partial charge in [-0.1, -0.05) is 22.0 Å². The van der Waals surface area contributed by atoms with Crippen molar-refractivity contribution in [2.75, 3.05) is 13.7 Å². The van der Waals surface area contributed by atoms with E-state index in [1.807, 2.05) is 7.05 Å². The van der Waals surface area contributed by atoms with Crippen molar-refractivity contribution in [1.29, 1.82) is 0 Å². The number of thiophene rings is 1. The Hall–Kier alpha value is -0.840. The Morgan fingerprint density at radius 3 is 3.11 bits per heavy atom. The second-order valence-electron chi connectivity index (χ2n) is 4.71. The molecule has 1 atom stereocenters. The third kappa shape index (κ3) is 2.71. The highest BCUT2D eigenvalue weighted by Gasteiger charge is 2.20. The Morgan fingerprint density at radius 2 is 2.37 bits per heavy atom. The molecule has 1 aliphatic heterocycles. The highest BCUT2D eigenvalue weighted by Crippen LogP contribution is 2.35. The van der Waals surface area contributed by atoms with E-state index in [-0.39, 0.29) is 0 Å². The van der Waals surface area contributed by atoms with E-state index < -0.39 is 0 Å². The molecule has 0 radical (unpaired) electrons. The average molecular weight is 338 g/mol. The van der Waals surface area contributed by atoms with Gasteiger partial charge in [-0.15, -0.1) is 11.3 Å². The Labute approximate surface area is 125 Å². The lowest BCUT2D eigenvalue weighted by Gasteiger charge is -2.17. The van der Waals surface area contributed by atoms with Gasteiger partial charge in [-0.3, -0.25) is 0 Å². The Balaban J connectivity index is 1.90. The molecule has 1 unspecified atom stereocenters. The van der Waals surface area contributed by atoms with Gasteiger partial charge in [0.1, 0.15) is 5.75 Å². The highest BCUT2D eigenvalue weighted by molar-refractivity contribution is 9.10. The number of rotatable bonds is 4. The molecule has 1 aliphatic rings. The molecule has 2 heterocycles.